The van der Waals surface area contributed by atoms with Crippen LogP contribution in [0.25, 0.3) is 5.76 Å². The maximum Gasteiger partial charge on any atom is 0.201 e. The number of para-hydroxylation sites is 1. The van der Waals surface area contributed by atoms with Crippen LogP contribution in [-0.4, -0.2) is 27.6 Å². The molecular weight excluding hydrogens is 208 g/mol. The quantitative estimate of drug-likeness (QED) is 0.433. The van der Waals surface area contributed by atoms with Gasteiger partial charge in [0, 0.05) is 0 Å². The van der Waals surface area contributed by atoms with Gasteiger partial charge in [-0.15, -0.1) is 0 Å². The molecule has 0 fully saturated rings. The van der Waals surface area contributed by atoms with Crippen LogP contribution in [-0.2, 0) is 14.3 Å². The van der Waals surface area contributed by atoms with E-state index in [0.717, 1.165) is 0 Å². The number of allylic oxidation sites excluding steroid dienone is 1. The second kappa shape index (κ2) is 5.80. The molecule has 0 aliphatic carbocycles. The number of benzene rings is 1. The van der Waals surface area contributed by atoms with Crippen molar-refractivity contribution in [3.05, 3.63) is 35.6 Å². The fourth-order valence-electron chi connectivity index (χ4n) is 1.37. The van der Waals surface area contributed by atoms with Gasteiger partial charge in [0.1, 0.15) is 5.75 Å². The highest BCUT2D eigenvalue weighted by Crippen LogP contribution is 2.28. The first-order chi connectivity index (χ1) is 7.78. The molecule has 16 heavy (non-hydrogen) atoms. The standard InChI is InChI=1S/C12H14O4/c1-14-10-7-5-4-6-9(10)12(16-3)11(8-13)15-2/h4-8H,1-3H3. The van der Waals surface area contributed by atoms with Crippen molar-refractivity contribution < 1.29 is 19.0 Å². The predicted octanol–water partition coefficient (Wildman–Crippen LogP) is 1.86. The van der Waals surface area contributed by atoms with Gasteiger partial charge in [-0.25, -0.2) is 0 Å². The molecule has 1 aromatic carbocycles. The van der Waals surface area contributed by atoms with Crippen molar-refractivity contribution in [2.24, 2.45) is 0 Å². The molecule has 4 heteroatoms. The molecule has 0 atom stereocenters. The largest absolute Gasteiger partial charge is 0.496 e. The third-order valence-corrected chi connectivity index (χ3v) is 2.11. The van der Waals surface area contributed by atoms with Gasteiger partial charge in [0.05, 0.1) is 26.9 Å². The van der Waals surface area contributed by atoms with E-state index in [1.54, 1.807) is 19.2 Å². The molecule has 1 aromatic rings. The third kappa shape index (κ3) is 2.34. The molecule has 0 spiro atoms. The third-order valence-electron chi connectivity index (χ3n) is 2.11. The first-order valence-corrected chi connectivity index (χ1v) is 4.69. The number of hydrogen-bond donors (Lipinski definition) is 0. The van der Waals surface area contributed by atoms with Crippen LogP contribution in [0.4, 0.5) is 0 Å². The van der Waals surface area contributed by atoms with Crippen LogP contribution in [0.3, 0.4) is 0 Å². The van der Waals surface area contributed by atoms with Gasteiger partial charge in [-0.2, -0.15) is 0 Å². The van der Waals surface area contributed by atoms with Crippen molar-refractivity contribution >= 4 is 12.0 Å². The second-order valence-corrected chi connectivity index (χ2v) is 2.92. The number of rotatable bonds is 5. The summed E-state index contributed by atoms with van der Waals surface area (Å²) in [6.45, 7) is 0. The highest BCUT2D eigenvalue weighted by molar-refractivity contribution is 5.84. The fraction of sp³-hybridized carbons (Fsp3) is 0.250. The van der Waals surface area contributed by atoms with E-state index in [9.17, 15) is 4.79 Å². The molecule has 1 rings (SSSR count). The molecule has 0 radical (unpaired) electrons. The summed E-state index contributed by atoms with van der Waals surface area (Å²) in [4.78, 5) is 10.8. The molecule has 0 aromatic heterocycles. The van der Waals surface area contributed by atoms with Crippen LogP contribution in [0.1, 0.15) is 5.56 Å². The highest BCUT2D eigenvalue weighted by Gasteiger charge is 2.14. The predicted molar refractivity (Wildman–Crippen MR) is 60.0 cm³/mol. The van der Waals surface area contributed by atoms with Crippen molar-refractivity contribution in [2.45, 2.75) is 0 Å². The van der Waals surface area contributed by atoms with Gasteiger partial charge in [-0.1, -0.05) is 12.1 Å². The Morgan fingerprint density at radius 2 is 1.81 bits per heavy atom. The summed E-state index contributed by atoms with van der Waals surface area (Å²) in [7, 11) is 4.45. The molecule has 0 saturated carbocycles. The molecule has 86 valence electrons. The van der Waals surface area contributed by atoms with E-state index < -0.39 is 0 Å². The SMILES string of the molecule is COC(C=O)=C(OC)c1ccccc1OC. The Morgan fingerprint density at radius 3 is 2.31 bits per heavy atom. The first-order valence-electron chi connectivity index (χ1n) is 4.69. The average molecular weight is 222 g/mol. The van der Waals surface area contributed by atoms with Crippen molar-refractivity contribution in [3.8, 4) is 5.75 Å². The zero-order valence-electron chi connectivity index (χ0n) is 9.52. The Hall–Kier alpha value is -1.97. The van der Waals surface area contributed by atoms with Crippen LogP contribution >= 0.6 is 0 Å². The van der Waals surface area contributed by atoms with Gasteiger partial charge in [-0.05, 0) is 12.1 Å². The molecule has 0 aliphatic rings. The monoisotopic (exact) mass is 222 g/mol. The highest BCUT2D eigenvalue weighted by atomic mass is 16.5. The van der Waals surface area contributed by atoms with E-state index in [4.69, 9.17) is 14.2 Å². The molecule has 0 saturated heterocycles. The van der Waals surface area contributed by atoms with E-state index >= 15 is 0 Å². The maximum atomic E-state index is 10.8. The summed E-state index contributed by atoms with van der Waals surface area (Å²) in [5, 5.41) is 0. The Kier molecular flexibility index (Phi) is 4.39. The normalized spacial score (nSPS) is 11.4. The van der Waals surface area contributed by atoms with Crippen LogP contribution < -0.4 is 4.74 Å². The lowest BCUT2D eigenvalue weighted by atomic mass is 10.1. The van der Waals surface area contributed by atoms with Crippen LogP contribution in [0, 0.1) is 0 Å². The minimum Gasteiger partial charge on any atom is -0.496 e. The van der Waals surface area contributed by atoms with Crippen molar-refractivity contribution in [3.63, 3.8) is 0 Å². The zero-order chi connectivity index (χ0) is 12.0. The van der Waals surface area contributed by atoms with Crippen LogP contribution in [0.5, 0.6) is 5.75 Å². The van der Waals surface area contributed by atoms with Gasteiger partial charge in [0.2, 0.25) is 5.76 Å². The Bertz CT molecular complexity index is 396. The van der Waals surface area contributed by atoms with E-state index in [0.29, 0.717) is 23.4 Å². The summed E-state index contributed by atoms with van der Waals surface area (Å²) >= 11 is 0. The molecule has 0 unspecified atom stereocenters. The van der Waals surface area contributed by atoms with Crippen LogP contribution in [0.15, 0.2) is 30.0 Å². The molecule has 4 nitrogen and oxygen atoms in total. The van der Waals surface area contributed by atoms with Gasteiger partial charge in [0.25, 0.3) is 0 Å². The first kappa shape index (κ1) is 12.1. The number of carbonyl (C=O) groups is 1. The molecular formula is C12H14O4. The zero-order valence-corrected chi connectivity index (χ0v) is 9.52. The van der Waals surface area contributed by atoms with E-state index in [-0.39, 0.29) is 5.76 Å². The lowest BCUT2D eigenvalue weighted by Gasteiger charge is -2.12. The maximum absolute atomic E-state index is 10.8. The average Bonchev–Trinajstić information content (AvgIpc) is 2.35. The summed E-state index contributed by atoms with van der Waals surface area (Å²) in [6, 6.07) is 7.24. The van der Waals surface area contributed by atoms with Crippen molar-refractivity contribution in [2.75, 3.05) is 21.3 Å². The van der Waals surface area contributed by atoms with Crippen LogP contribution in [0.2, 0.25) is 0 Å². The number of hydrogen-bond acceptors (Lipinski definition) is 4. The molecule has 0 heterocycles. The van der Waals surface area contributed by atoms with E-state index in [1.807, 2.05) is 12.1 Å². The minimum atomic E-state index is 0.131. The van der Waals surface area contributed by atoms with E-state index in [2.05, 4.69) is 0 Å². The minimum absolute atomic E-state index is 0.131. The Labute approximate surface area is 94.4 Å². The molecule has 0 bridgehead atoms. The second-order valence-electron chi connectivity index (χ2n) is 2.92. The summed E-state index contributed by atoms with van der Waals surface area (Å²) in [5.41, 5.74) is 0.677. The number of carbonyl (C=O) groups excluding carboxylic acids is 1. The van der Waals surface area contributed by atoms with E-state index in [1.165, 1.54) is 14.2 Å². The fourth-order valence-corrected chi connectivity index (χ4v) is 1.37. The number of aldehydes is 1. The number of ether oxygens (including phenoxy) is 3. The molecule has 0 amide bonds. The molecule has 0 aliphatic heterocycles. The topological polar surface area (TPSA) is 44.8 Å². The van der Waals surface area contributed by atoms with Gasteiger partial charge in [-0.3, -0.25) is 4.79 Å². The van der Waals surface area contributed by atoms with Gasteiger partial charge < -0.3 is 14.2 Å². The van der Waals surface area contributed by atoms with Gasteiger partial charge in [0.15, 0.2) is 12.0 Å². The summed E-state index contributed by atoms with van der Waals surface area (Å²) in [5.74, 6) is 1.11. The Balaban J connectivity index is 3.33. The lowest BCUT2D eigenvalue weighted by Crippen LogP contribution is -2.00. The molecule has 0 N–H and O–H groups in total. The lowest BCUT2D eigenvalue weighted by molar-refractivity contribution is -0.107. The summed E-state index contributed by atoms with van der Waals surface area (Å²) in [6.07, 6.45) is 0.602. The van der Waals surface area contributed by atoms with Crippen molar-refractivity contribution in [1.29, 1.82) is 0 Å². The number of methoxy groups -OCH3 is 3. The summed E-state index contributed by atoms with van der Waals surface area (Å²) < 4.78 is 15.3. The van der Waals surface area contributed by atoms with Gasteiger partial charge >= 0.3 is 0 Å². The Morgan fingerprint density at radius 1 is 1.12 bits per heavy atom. The smallest absolute Gasteiger partial charge is 0.201 e. The van der Waals surface area contributed by atoms with Crippen molar-refractivity contribution in [1.82, 2.24) is 0 Å².